The molecule has 3 rings (SSSR count). The third-order valence-corrected chi connectivity index (χ3v) is 4.12. The molecule has 0 amide bonds. The standard InChI is InChI=1S/C15H12ClN3S/c1-10(11-6-8-12(16)9-7-11)18-19-15-17-13-4-2-3-5-14(13)20-15/h2-10H,1H3. The first-order valence-corrected chi connectivity index (χ1v) is 7.44. The van der Waals surface area contributed by atoms with Gasteiger partial charge < -0.3 is 0 Å². The Morgan fingerprint density at radius 2 is 1.85 bits per heavy atom. The van der Waals surface area contributed by atoms with E-state index < -0.39 is 0 Å². The first-order valence-electron chi connectivity index (χ1n) is 6.24. The predicted molar refractivity (Wildman–Crippen MR) is 84.0 cm³/mol. The van der Waals surface area contributed by atoms with Crippen molar-refractivity contribution in [2.75, 3.05) is 0 Å². The second kappa shape index (κ2) is 5.69. The molecule has 0 spiro atoms. The number of rotatable bonds is 3. The van der Waals surface area contributed by atoms with E-state index in [1.54, 1.807) is 11.3 Å². The van der Waals surface area contributed by atoms with Gasteiger partial charge in [0.2, 0.25) is 5.13 Å². The van der Waals surface area contributed by atoms with Crippen LogP contribution in [-0.2, 0) is 0 Å². The Kier molecular flexibility index (Phi) is 3.76. The van der Waals surface area contributed by atoms with Crippen LogP contribution in [0.1, 0.15) is 18.5 Å². The Hall–Kier alpha value is -1.78. The Morgan fingerprint density at radius 3 is 2.60 bits per heavy atom. The zero-order valence-corrected chi connectivity index (χ0v) is 12.4. The first-order chi connectivity index (χ1) is 9.72. The SMILES string of the molecule is CC(N=Nc1nc2ccccc2s1)c1ccc(Cl)cc1. The molecule has 1 heterocycles. The van der Waals surface area contributed by atoms with E-state index in [4.69, 9.17) is 11.6 Å². The molecule has 5 heteroatoms. The maximum Gasteiger partial charge on any atom is 0.230 e. The molecule has 1 atom stereocenters. The van der Waals surface area contributed by atoms with Gasteiger partial charge >= 0.3 is 0 Å². The van der Waals surface area contributed by atoms with Gasteiger partial charge in [-0.2, -0.15) is 5.11 Å². The van der Waals surface area contributed by atoms with Gasteiger partial charge in [-0.25, -0.2) is 4.98 Å². The quantitative estimate of drug-likeness (QED) is 0.564. The Bertz CT molecular complexity index is 716. The van der Waals surface area contributed by atoms with Crippen LogP contribution in [0, 0.1) is 0 Å². The number of hydrogen-bond acceptors (Lipinski definition) is 4. The minimum atomic E-state index is -0.0146. The number of thiazole rings is 1. The van der Waals surface area contributed by atoms with Crippen LogP contribution in [0.5, 0.6) is 0 Å². The fourth-order valence-electron chi connectivity index (χ4n) is 1.85. The van der Waals surface area contributed by atoms with Crippen molar-refractivity contribution in [1.82, 2.24) is 4.98 Å². The summed E-state index contributed by atoms with van der Waals surface area (Å²) in [6, 6.07) is 15.6. The molecule has 0 saturated carbocycles. The van der Waals surface area contributed by atoms with Gasteiger partial charge in [-0.1, -0.05) is 47.2 Å². The molecule has 3 aromatic rings. The van der Waals surface area contributed by atoms with E-state index in [1.165, 1.54) is 0 Å². The summed E-state index contributed by atoms with van der Waals surface area (Å²) in [5.41, 5.74) is 2.05. The van der Waals surface area contributed by atoms with Gasteiger partial charge in [0, 0.05) is 5.02 Å². The lowest BCUT2D eigenvalue weighted by molar-refractivity contribution is 0.763. The highest BCUT2D eigenvalue weighted by atomic mass is 35.5. The zero-order valence-electron chi connectivity index (χ0n) is 10.8. The van der Waals surface area contributed by atoms with Gasteiger partial charge in [-0.05, 0) is 36.8 Å². The highest BCUT2D eigenvalue weighted by molar-refractivity contribution is 7.21. The molecule has 100 valence electrons. The predicted octanol–water partition coefficient (Wildman–Crippen LogP) is 5.79. The minimum Gasteiger partial charge on any atom is -0.217 e. The number of fused-ring (bicyclic) bond motifs is 1. The first kappa shape index (κ1) is 13.2. The van der Waals surface area contributed by atoms with Crippen molar-refractivity contribution in [2.45, 2.75) is 13.0 Å². The van der Waals surface area contributed by atoms with Crippen LogP contribution >= 0.6 is 22.9 Å². The van der Waals surface area contributed by atoms with Crippen molar-refractivity contribution < 1.29 is 0 Å². The fraction of sp³-hybridized carbons (Fsp3) is 0.133. The average Bonchev–Trinajstić information content (AvgIpc) is 2.88. The molecule has 2 aromatic carbocycles. The maximum absolute atomic E-state index is 5.87. The van der Waals surface area contributed by atoms with Crippen molar-refractivity contribution in [3.8, 4) is 0 Å². The largest absolute Gasteiger partial charge is 0.230 e. The van der Waals surface area contributed by atoms with Gasteiger partial charge in [0.05, 0.1) is 16.3 Å². The Balaban J connectivity index is 1.80. The summed E-state index contributed by atoms with van der Waals surface area (Å²) in [6.45, 7) is 2.00. The lowest BCUT2D eigenvalue weighted by atomic mass is 10.1. The van der Waals surface area contributed by atoms with E-state index in [1.807, 2.05) is 55.5 Å². The van der Waals surface area contributed by atoms with E-state index >= 15 is 0 Å². The monoisotopic (exact) mass is 301 g/mol. The van der Waals surface area contributed by atoms with Crippen LogP contribution in [0.2, 0.25) is 5.02 Å². The molecule has 0 saturated heterocycles. The molecule has 0 radical (unpaired) electrons. The van der Waals surface area contributed by atoms with Crippen LogP contribution in [0.4, 0.5) is 5.13 Å². The molecule has 0 aliphatic rings. The van der Waals surface area contributed by atoms with Crippen molar-refractivity contribution >= 4 is 38.3 Å². The molecule has 0 aliphatic heterocycles. The molecule has 1 aromatic heterocycles. The van der Waals surface area contributed by atoms with Gasteiger partial charge in [0.15, 0.2) is 0 Å². The highest BCUT2D eigenvalue weighted by Crippen LogP contribution is 2.29. The van der Waals surface area contributed by atoms with Gasteiger partial charge in [0.1, 0.15) is 0 Å². The number of aromatic nitrogens is 1. The molecule has 0 fully saturated rings. The summed E-state index contributed by atoms with van der Waals surface area (Å²) in [6.07, 6.45) is 0. The molecule has 20 heavy (non-hydrogen) atoms. The third kappa shape index (κ3) is 2.86. The van der Waals surface area contributed by atoms with Crippen LogP contribution in [0.15, 0.2) is 58.8 Å². The van der Waals surface area contributed by atoms with Crippen molar-refractivity contribution in [2.24, 2.45) is 10.2 Å². The third-order valence-electron chi connectivity index (χ3n) is 2.95. The summed E-state index contributed by atoms with van der Waals surface area (Å²) in [5.74, 6) is 0. The molecule has 1 unspecified atom stereocenters. The molecule has 0 N–H and O–H groups in total. The topological polar surface area (TPSA) is 37.6 Å². The Labute approximate surface area is 126 Å². The number of hydrogen-bond donors (Lipinski definition) is 0. The summed E-state index contributed by atoms with van der Waals surface area (Å²) in [4.78, 5) is 4.43. The molecule has 0 bridgehead atoms. The number of azo groups is 1. The number of halogens is 1. The maximum atomic E-state index is 5.87. The number of nitrogens with zero attached hydrogens (tertiary/aromatic N) is 3. The van der Waals surface area contributed by atoms with E-state index in [9.17, 15) is 0 Å². The summed E-state index contributed by atoms with van der Waals surface area (Å²) < 4.78 is 1.13. The highest BCUT2D eigenvalue weighted by Gasteiger charge is 2.05. The molecule has 3 nitrogen and oxygen atoms in total. The van der Waals surface area contributed by atoms with E-state index in [2.05, 4.69) is 15.2 Å². The van der Waals surface area contributed by atoms with Gasteiger partial charge in [0.25, 0.3) is 0 Å². The summed E-state index contributed by atoms with van der Waals surface area (Å²) in [7, 11) is 0. The van der Waals surface area contributed by atoms with Crippen LogP contribution in [0.25, 0.3) is 10.2 Å². The van der Waals surface area contributed by atoms with Gasteiger partial charge in [-0.15, -0.1) is 5.11 Å². The van der Waals surface area contributed by atoms with Crippen molar-refractivity contribution in [3.63, 3.8) is 0 Å². The molecule has 0 aliphatic carbocycles. The second-order valence-electron chi connectivity index (χ2n) is 4.41. The Morgan fingerprint density at radius 1 is 1.10 bits per heavy atom. The van der Waals surface area contributed by atoms with Gasteiger partial charge in [-0.3, -0.25) is 0 Å². The average molecular weight is 302 g/mol. The number of benzene rings is 2. The second-order valence-corrected chi connectivity index (χ2v) is 5.85. The molecular formula is C15H12ClN3S. The summed E-state index contributed by atoms with van der Waals surface area (Å²) >= 11 is 7.42. The van der Waals surface area contributed by atoms with E-state index in [-0.39, 0.29) is 6.04 Å². The summed E-state index contributed by atoms with van der Waals surface area (Å²) in [5, 5.41) is 9.97. The van der Waals surface area contributed by atoms with E-state index in [0.29, 0.717) is 5.13 Å². The smallest absolute Gasteiger partial charge is 0.217 e. The normalized spacial score (nSPS) is 13.1. The van der Waals surface area contributed by atoms with E-state index in [0.717, 1.165) is 20.8 Å². The number of para-hydroxylation sites is 1. The van der Waals surface area contributed by atoms with Crippen LogP contribution < -0.4 is 0 Å². The fourth-order valence-corrected chi connectivity index (χ4v) is 2.77. The zero-order chi connectivity index (χ0) is 13.9. The van der Waals surface area contributed by atoms with Crippen molar-refractivity contribution in [3.05, 3.63) is 59.1 Å². The lowest BCUT2D eigenvalue weighted by Crippen LogP contribution is -1.87. The lowest BCUT2D eigenvalue weighted by Gasteiger charge is -2.04. The van der Waals surface area contributed by atoms with Crippen LogP contribution in [0.3, 0.4) is 0 Å². The van der Waals surface area contributed by atoms with Crippen LogP contribution in [-0.4, -0.2) is 4.98 Å². The molecular weight excluding hydrogens is 290 g/mol. The minimum absolute atomic E-state index is 0.0146. The van der Waals surface area contributed by atoms with Crippen molar-refractivity contribution in [1.29, 1.82) is 0 Å².